The van der Waals surface area contributed by atoms with Gasteiger partial charge in [-0.2, -0.15) is 4.98 Å². The van der Waals surface area contributed by atoms with E-state index in [2.05, 4.69) is 10.5 Å². The van der Waals surface area contributed by atoms with Gasteiger partial charge < -0.3 is 35.6 Å². The second-order valence-electron chi connectivity index (χ2n) is 4.09. The Morgan fingerprint density at radius 1 is 1.38 bits per heavy atom. The second kappa shape index (κ2) is 7.73. The highest BCUT2D eigenvalue weighted by Gasteiger charge is 2.43. The van der Waals surface area contributed by atoms with Gasteiger partial charge in [-0.05, 0) is 6.07 Å². The molecule has 0 saturated carbocycles. The van der Waals surface area contributed by atoms with E-state index in [-0.39, 0.29) is 5.82 Å². The van der Waals surface area contributed by atoms with Crippen molar-refractivity contribution >= 4 is 14.3 Å². The maximum absolute atomic E-state index is 11.5. The zero-order chi connectivity index (χ0) is 16.2. The first-order valence-electron chi connectivity index (χ1n) is 5.67. The number of nitrogen functional groups attached to an aromatic ring is 1. The molecule has 11 nitrogen and oxygen atoms in total. The smallest absolute Gasteiger partial charge is 0.351 e. The van der Waals surface area contributed by atoms with Crippen LogP contribution < -0.4 is 16.9 Å². The second-order valence-corrected chi connectivity index (χ2v) is 4.73. The summed E-state index contributed by atoms with van der Waals surface area (Å²) in [5, 5.41) is 28.2. The molecule has 1 aliphatic rings. The van der Waals surface area contributed by atoms with Gasteiger partial charge in [0.2, 0.25) is 8.53 Å². The van der Waals surface area contributed by atoms with Crippen molar-refractivity contribution in [3.63, 3.8) is 0 Å². The van der Waals surface area contributed by atoms with Gasteiger partial charge in [0.05, 0.1) is 6.61 Å². The Bertz CT molecular complexity index is 510. The molecular formula is C9H17N4O7P. The number of anilines is 1. The highest BCUT2D eigenvalue weighted by Crippen LogP contribution is 2.27. The molecule has 1 aromatic heterocycles. The summed E-state index contributed by atoms with van der Waals surface area (Å²) in [5.74, 6) is 0.0537. The molecule has 2 rings (SSSR count). The predicted molar refractivity (Wildman–Crippen MR) is 71.5 cm³/mol. The first kappa shape index (κ1) is 17.9. The molecule has 0 aromatic carbocycles. The van der Waals surface area contributed by atoms with Gasteiger partial charge in [0.25, 0.3) is 0 Å². The van der Waals surface area contributed by atoms with Crippen molar-refractivity contribution in [2.75, 3.05) is 12.3 Å². The van der Waals surface area contributed by atoms with E-state index in [4.69, 9.17) is 25.4 Å². The van der Waals surface area contributed by atoms with Crippen molar-refractivity contribution in [3.05, 3.63) is 22.7 Å². The quantitative estimate of drug-likeness (QED) is 0.269. The van der Waals surface area contributed by atoms with Gasteiger partial charge in [-0.25, -0.2) is 4.79 Å². The fourth-order valence-electron chi connectivity index (χ4n) is 1.73. The normalized spacial score (nSPS) is 28.3. The lowest BCUT2D eigenvalue weighted by Crippen LogP contribution is -2.36. The van der Waals surface area contributed by atoms with Crippen LogP contribution in [0.1, 0.15) is 6.23 Å². The van der Waals surface area contributed by atoms with Crippen LogP contribution in [0.5, 0.6) is 0 Å². The standard InChI is InChI=1S/C9H13N3O5.H4NO2P/c10-5-1-2-12(9(16)11-5)8-7(15)6(14)4(3-13)17-8;1-4(2)3/h1-2,4,6-8,13-15H,3H2,(H2,10,11,16);2-3H,1H2/t4-,6-,7-,8-;/m1./s1. The third-order valence-electron chi connectivity index (χ3n) is 2.64. The summed E-state index contributed by atoms with van der Waals surface area (Å²) in [6, 6.07) is 1.37. The fraction of sp³-hybridized carbons (Fsp3) is 0.556. The molecule has 9 N–H and O–H groups in total. The number of hydrogen-bond donors (Lipinski definition) is 7. The maximum Gasteiger partial charge on any atom is 0.351 e. The maximum atomic E-state index is 11.5. The molecule has 1 fully saturated rings. The van der Waals surface area contributed by atoms with Crippen LogP contribution in [0.4, 0.5) is 5.82 Å². The highest BCUT2D eigenvalue weighted by atomic mass is 31.2. The number of aliphatic hydroxyl groups excluding tert-OH is 3. The molecule has 0 bridgehead atoms. The number of ether oxygens (including phenoxy) is 1. The number of aromatic nitrogens is 2. The van der Waals surface area contributed by atoms with Crippen LogP contribution in [-0.4, -0.2) is 59.6 Å². The molecule has 2 heterocycles. The molecule has 0 spiro atoms. The molecule has 1 saturated heterocycles. The van der Waals surface area contributed by atoms with Gasteiger partial charge in [0.15, 0.2) is 6.23 Å². The lowest BCUT2D eigenvalue weighted by molar-refractivity contribution is -0.0549. The molecule has 0 radical (unpaired) electrons. The van der Waals surface area contributed by atoms with Crippen molar-refractivity contribution in [2.24, 2.45) is 5.50 Å². The Labute approximate surface area is 120 Å². The average molecular weight is 324 g/mol. The van der Waals surface area contributed by atoms with Gasteiger partial charge in [0.1, 0.15) is 24.1 Å². The van der Waals surface area contributed by atoms with E-state index in [1.807, 2.05) is 0 Å². The van der Waals surface area contributed by atoms with Crippen molar-refractivity contribution < 1.29 is 29.8 Å². The van der Waals surface area contributed by atoms with Crippen molar-refractivity contribution in [1.29, 1.82) is 0 Å². The lowest BCUT2D eigenvalue weighted by Gasteiger charge is -2.16. The zero-order valence-electron chi connectivity index (χ0n) is 10.7. The number of hydrogen-bond acceptors (Lipinski definition) is 10. The average Bonchev–Trinajstić information content (AvgIpc) is 2.66. The van der Waals surface area contributed by atoms with E-state index in [9.17, 15) is 15.0 Å². The fourth-order valence-corrected chi connectivity index (χ4v) is 1.73. The Kier molecular flexibility index (Phi) is 6.58. The van der Waals surface area contributed by atoms with Crippen molar-refractivity contribution in [1.82, 2.24) is 9.55 Å². The van der Waals surface area contributed by atoms with Crippen LogP contribution in [0, 0.1) is 0 Å². The Balaban J connectivity index is 0.000000491. The van der Waals surface area contributed by atoms with Crippen LogP contribution in [0.25, 0.3) is 0 Å². The highest BCUT2D eigenvalue weighted by molar-refractivity contribution is 7.42. The van der Waals surface area contributed by atoms with Crippen LogP contribution >= 0.6 is 8.53 Å². The molecule has 0 unspecified atom stereocenters. The van der Waals surface area contributed by atoms with Crippen molar-refractivity contribution in [3.8, 4) is 0 Å². The molecular weight excluding hydrogens is 307 g/mol. The molecule has 1 aromatic rings. The molecule has 4 atom stereocenters. The molecule has 12 heteroatoms. The van der Waals surface area contributed by atoms with Gasteiger partial charge in [-0.1, -0.05) is 0 Å². The van der Waals surface area contributed by atoms with E-state index < -0.39 is 45.4 Å². The zero-order valence-corrected chi connectivity index (χ0v) is 11.6. The third kappa shape index (κ3) is 4.66. The Hall–Kier alpha value is -1.17. The van der Waals surface area contributed by atoms with E-state index in [1.165, 1.54) is 12.3 Å². The lowest BCUT2D eigenvalue weighted by atomic mass is 10.1. The number of nitrogens with zero attached hydrogens (tertiary/aromatic N) is 2. The van der Waals surface area contributed by atoms with Crippen LogP contribution in [0.15, 0.2) is 17.1 Å². The van der Waals surface area contributed by atoms with Crippen LogP contribution in [0.2, 0.25) is 0 Å². The number of rotatable bonds is 2. The molecule has 1 aliphatic heterocycles. The Morgan fingerprint density at radius 2 is 1.95 bits per heavy atom. The van der Waals surface area contributed by atoms with Crippen molar-refractivity contribution in [2.45, 2.75) is 24.5 Å². The summed E-state index contributed by atoms with van der Waals surface area (Å²) >= 11 is 0. The molecule has 120 valence electrons. The summed E-state index contributed by atoms with van der Waals surface area (Å²) < 4.78 is 6.19. The molecule has 0 aliphatic carbocycles. The van der Waals surface area contributed by atoms with Gasteiger partial charge in [-0.15, -0.1) is 0 Å². The summed E-state index contributed by atoms with van der Waals surface area (Å²) in [6.45, 7) is -0.453. The van der Waals surface area contributed by atoms with Crippen LogP contribution in [0.3, 0.4) is 0 Å². The predicted octanol–water partition coefficient (Wildman–Crippen LogP) is -3.41. The van der Waals surface area contributed by atoms with E-state index >= 15 is 0 Å². The molecule has 0 amide bonds. The van der Waals surface area contributed by atoms with Gasteiger partial charge in [0, 0.05) is 6.20 Å². The van der Waals surface area contributed by atoms with Gasteiger partial charge >= 0.3 is 5.69 Å². The summed E-state index contributed by atoms with van der Waals surface area (Å²) in [5.41, 5.74) is 8.92. The monoisotopic (exact) mass is 324 g/mol. The molecule has 21 heavy (non-hydrogen) atoms. The third-order valence-corrected chi connectivity index (χ3v) is 2.64. The number of aliphatic hydroxyl groups is 3. The number of nitrogens with two attached hydrogens (primary N) is 2. The SMILES string of the molecule is NP(O)O.Nc1ccn([C@@H]2O[C@H](CO)[C@@H](O)[C@H]2O)c(=O)n1. The van der Waals surface area contributed by atoms with E-state index in [0.29, 0.717) is 0 Å². The first-order chi connectivity index (χ1) is 9.77. The topological polar surface area (TPSA) is 197 Å². The summed E-state index contributed by atoms with van der Waals surface area (Å²) in [6.07, 6.45) is -3.27. The minimum absolute atomic E-state index is 0.0537. The minimum Gasteiger partial charge on any atom is -0.394 e. The first-order valence-corrected chi connectivity index (χ1v) is 6.99. The Morgan fingerprint density at radius 3 is 2.38 bits per heavy atom. The largest absolute Gasteiger partial charge is 0.394 e. The van der Waals surface area contributed by atoms with E-state index in [1.54, 1.807) is 0 Å². The van der Waals surface area contributed by atoms with E-state index in [0.717, 1.165) is 4.57 Å². The van der Waals surface area contributed by atoms with Gasteiger partial charge in [-0.3, -0.25) is 10.1 Å². The minimum atomic E-state index is -2.12. The van der Waals surface area contributed by atoms with Crippen LogP contribution in [-0.2, 0) is 4.74 Å². The summed E-state index contributed by atoms with van der Waals surface area (Å²) in [7, 11) is -2.12. The summed E-state index contributed by atoms with van der Waals surface area (Å²) in [4.78, 5) is 29.9.